The van der Waals surface area contributed by atoms with E-state index in [1.807, 2.05) is 26.8 Å². The molecule has 7 atom stereocenters. The van der Waals surface area contributed by atoms with Crippen LogP contribution in [0.2, 0.25) is 0 Å². The van der Waals surface area contributed by atoms with Crippen molar-refractivity contribution in [2.75, 3.05) is 6.61 Å². The lowest BCUT2D eigenvalue weighted by molar-refractivity contribution is -0.173. The Morgan fingerprint density at radius 3 is 2.67 bits per heavy atom. The molecule has 0 aliphatic heterocycles. The molecule has 4 aliphatic carbocycles. The third-order valence-corrected chi connectivity index (χ3v) is 8.41. The molecule has 146 valence electrons. The Bertz CT molecular complexity index is 795. The van der Waals surface area contributed by atoms with Crippen molar-refractivity contribution in [1.82, 2.24) is 0 Å². The Balaban J connectivity index is 1.79. The summed E-state index contributed by atoms with van der Waals surface area (Å²) >= 11 is 0. The fraction of sp³-hybridized carbons (Fsp3) is 0.682. The second kappa shape index (κ2) is 5.71. The largest absolute Gasteiger partial charge is 0.388 e. The molecular formula is C22H28O5. The number of carbonyl (C=O) groups is 3. The van der Waals surface area contributed by atoms with E-state index in [9.17, 15) is 24.6 Å². The summed E-state index contributed by atoms with van der Waals surface area (Å²) in [4.78, 5) is 37.8. The fourth-order valence-electron chi connectivity index (χ4n) is 7.08. The van der Waals surface area contributed by atoms with Gasteiger partial charge in [0.2, 0.25) is 0 Å². The van der Waals surface area contributed by atoms with Crippen LogP contribution >= 0.6 is 0 Å². The average Bonchev–Trinajstić information content (AvgIpc) is 2.82. The summed E-state index contributed by atoms with van der Waals surface area (Å²) in [5.41, 5.74) is -1.94. The van der Waals surface area contributed by atoms with Crippen molar-refractivity contribution in [3.63, 3.8) is 0 Å². The van der Waals surface area contributed by atoms with E-state index in [0.717, 1.165) is 18.4 Å². The Hall–Kier alpha value is -1.59. The first-order valence-electron chi connectivity index (χ1n) is 9.93. The number of hydrogen-bond donors (Lipinski definition) is 2. The summed E-state index contributed by atoms with van der Waals surface area (Å²) in [7, 11) is 0. The number of carbonyl (C=O) groups excluding carboxylic acids is 3. The number of ketones is 3. The molecule has 0 aromatic carbocycles. The highest BCUT2D eigenvalue weighted by Crippen LogP contribution is 2.67. The molecule has 4 rings (SSSR count). The quantitative estimate of drug-likeness (QED) is 0.774. The summed E-state index contributed by atoms with van der Waals surface area (Å²) in [5.74, 6) is -0.947. The van der Waals surface area contributed by atoms with Crippen LogP contribution in [0, 0.1) is 34.5 Å². The first kappa shape index (κ1) is 18.8. The van der Waals surface area contributed by atoms with Crippen LogP contribution in [0.15, 0.2) is 23.8 Å². The molecule has 5 nitrogen and oxygen atoms in total. The third kappa shape index (κ3) is 2.16. The Labute approximate surface area is 159 Å². The second-order valence-electron chi connectivity index (χ2n) is 9.52. The maximum Gasteiger partial charge on any atom is 0.190 e. The molecule has 0 amide bonds. The Morgan fingerprint density at radius 2 is 2.00 bits per heavy atom. The molecule has 0 aromatic heterocycles. The van der Waals surface area contributed by atoms with Crippen molar-refractivity contribution >= 4 is 17.3 Å². The van der Waals surface area contributed by atoms with Gasteiger partial charge >= 0.3 is 0 Å². The standard InChI is InChI=1S/C22H28O5/c1-12-8-16-15-5-4-13-9-14(24)6-7-20(13,2)19(15)17(25)10-21(16,3)22(12,27)18(26)11-23/h6-7,9,12,15-16,19,23,27H,4-5,8,10-11H2,1-3H3/t12?,15?,16?,19?,20?,21?,22-/m0/s1. The van der Waals surface area contributed by atoms with Crippen LogP contribution in [0.1, 0.15) is 46.5 Å². The number of allylic oxidation sites excluding steroid dienone is 4. The topological polar surface area (TPSA) is 91.7 Å². The van der Waals surface area contributed by atoms with E-state index in [4.69, 9.17) is 0 Å². The predicted molar refractivity (Wildman–Crippen MR) is 98.6 cm³/mol. The monoisotopic (exact) mass is 372 g/mol. The van der Waals surface area contributed by atoms with Gasteiger partial charge in [-0.15, -0.1) is 0 Å². The van der Waals surface area contributed by atoms with Crippen LogP contribution < -0.4 is 0 Å². The second-order valence-corrected chi connectivity index (χ2v) is 9.52. The van der Waals surface area contributed by atoms with Crippen LogP contribution in [0.4, 0.5) is 0 Å². The number of aliphatic hydroxyl groups is 2. The molecule has 0 aromatic rings. The van der Waals surface area contributed by atoms with Gasteiger partial charge in [-0.25, -0.2) is 0 Å². The maximum absolute atomic E-state index is 13.4. The Morgan fingerprint density at radius 1 is 1.30 bits per heavy atom. The van der Waals surface area contributed by atoms with E-state index in [2.05, 4.69) is 0 Å². The van der Waals surface area contributed by atoms with Gasteiger partial charge in [0.25, 0.3) is 0 Å². The zero-order valence-corrected chi connectivity index (χ0v) is 16.2. The molecule has 5 heteroatoms. The van der Waals surface area contributed by atoms with Gasteiger partial charge in [-0.2, -0.15) is 0 Å². The van der Waals surface area contributed by atoms with Gasteiger partial charge in [0.1, 0.15) is 18.0 Å². The fourth-order valence-corrected chi connectivity index (χ4v) is 7.08. The molecule has 0 radical (unpaired) electrons. The summed E-state index contributed by atoms with van der Waals surface area (Å²) in [6.07, 6.45) is 7.49. The molecule has 6 unspecified atom stereocenters. The molecule has 0 spiro atoms. The van der Waals surface area contributed by atoms with Crippen molar-refractivity contribution in [2.45, 2.75) is 52.1 Å². The highest BCUT2D eigenvalue weighted by atomic mass is 16.3. The lowest BCUT2D eigenvalue weighted by Gasteiger charge is -2.56. The van der Waals surface area contributed by atoms with Crippen LogP contribution in [0.25, 0.3) is 0 Å². The molecule has 3 saturated carbocycles. The minimum atomic E-state index is -1.66. The smallest absolute Gasteiger partial charge is 0.190 e. The summed E-state index contributed by atoms with van der Waals surface area (Å²) in [6.45, 7) is 5.05. The van der Waals surface area contributed by atoms with E-state index in [0.29, 0.717) is 6.42 Å². The lowest BCUT2D eigenvalue weighted by Crippen LogP contribution is -2.61. The summed E-state index contributed by atoms with van der Waals surface area (Å²) in [6, 6.07) is 0. The molecule has 27 heavy (non-hydrogen) atoms. The van der Waals surface area contributed by atoms with Gasteiger partial charge in [0, 0.05) is 23.2 Å². The Kier molecular flexibility index (Phi) is 3.97. The van der Waals surface area contributed by atoms with Gasteiger partial charge in [0.15, 0.2) is 11.6 Å². The van der Waals surface area contributed by atoms with Gasteiger partial charge in [-0.1, -0.05) is 32.4 Å². The SMILES string of the molecule is CC1CC2C3CCC4=CC(=O)C=CC4(C)C3C(=O)CC2(C)[C@@]1(O)C(=O)CO. The molecule has 3 fully saturated rings. The summed E-state index contributed by atoms with van der Waals surface area (Å²) in [5, 5.41) is 20.8. The van der Waals surface area contributed by atoms with Gasteiger partial charge in [-0.3, -0.25) is 14.4 Å². The number of Topliss-reactive ketones (excluding diaryl/α,β-unsaturated/α-hetero) is 2. The van der Waals surface area contributed by atoms with Crippen LogP contribution in [-0.2, 0) is 14.4 Å². The van der Waals surface area contributed by atoms with Crippen LogP contribution in [-0.4, -0.2) is 39.8 Å². The molecule has 0 saturated heterocycles. The first-order valence-corrected chi connectivity index (χ1v) is 9.93. The van der Waals surface area contributed by atoms with Crippen molar-refractivity contribution in [2.24, 2.45) is 34.5 Å². The predicted octanol–water partition coefficient (Wildman–Crippen LogP) is 2.01. The molecule has 4 aliphatic rings. The average molecular weight is 372 g/mol. The minimum Gasteiger partial charge on any atom is -0.388 e. The number of fused-ring (bicyclic) bond motifs is 5. The van der Waals surface area contributed by atoms with Gasteiger partial charge < -0.3 is 10.2 Å². The lowest BCUT2D eigenvalue weighted by atomic mass is 9.46. The van der Waals surface area contributed by atoms with Crippen molar-refractivity contribution in [1.29, 1.82) is 0 Å². The minimum absolute atomic E-state index is 0.0218. The zero-order chi connectivity index (χ0) is 19.8. The highest BCUT2D eigenvalue weighted by molar-refractivity contribution is 6.02. The van der Waals surface area contributed by atoms with E-state index in [1.165, 1.54) is 0 Å². The molecule has 0 bridgehead atoms. The normalized spacial score (nSPS) is 48.6. The van der Waals surface area contributed by atoms with Crippen LogP contribution in [0.3, 0.4) is 0 Å². The van der Waals surface area contributed by atoms with E-state index < -0.39 is 28.8 Å². The maximum atomic E-state index is 13.4. The summed E-state index contributed by atoms with van der Waals surface area (Å²) < 4.78 is 0. The van der Waals surface area contributed by atoms with Crippen molar-refractivity contribution in [3.8, 4) is 0 Å². The van der Waals surface area contributed by atoms with E-state index in [1.54, 1.807) is 12.2 Å². The van der Waals surface area contributed by atoms with Crippen molar-refractivity contribution in [3.05, 3.63) is 23.8 Å². The number of rotatable bonds is 2. The molecule has 0 heterocycles. The first-order chi connectivity index (χ1) is 12.6. The van der Waals surface area contributed by atoms with E-state index in [-0.39, 0.29) is 41.7 Å². The number of hydrogen-bond acceptors (Lipinski definition) is 5. The molecular weight excluding hydrogens is 344 g/mol. The van der Waals surface area contributed by atoms with E-state index >= 15 is 0 Å². The van der Waals surface area contributed by atoms with Gasteiger partial charge in [0.05, 0.1) is 0 Å². The van der Waals surface area contributed by atoms with Gasteiger partial charge in [-0.05, 0) is 49.2 Å². The van der Waals surface area contributed by atoms with Crippen LogP contribution in [0.5, 0.6) is 0 Å². The third-order valence-electron chi connectivity index (χ3n) is 8.41. The highest BCUT2D eigenvalue weighted by Gasteiger charge is 2.70. The van der Waals surface area contributed by atoms with Crippen molar-refractivity contribution < 1.29 is 24.6 Å². The zero-order valence-electron chi connectivity index (χ0n) is 16.2. The molecule has 2 N–H and O–H groups in total. The number of aliphatic hydroxyl groups excluding tert-OH is 1.